The minimum atomic E-state index is 0.494. The minimum Gasteiger partial charge on any atom is -0.468 e. The molecule has 3 heteroatoms. The Morgan fingerprint density at radius 2 is 2.55 bits per heavy atom. The Bertz CT molecular complexity index is 194. The lowest BCUT2D eigenvalue weighted by Crippen LogP contribution is -1.93. The monoisotopic (exact) mass is 170 g/mol. The van der Waals surface area contributed by atoms with E-state index in [1.54, 1.807) is 11.3 Å². The fourth-order valence-electron chi connectivity index (χ4n) is 0.843. The van der Waals surface area contributed by atoms with Gasteiger partial charge in [-0.1, -0.05) is 0 Å². The van der Waals surface area contributed by atoms with Crippen LogP contribution in [0.4, 0.5) is 0 Å². The van der Waals surface area contributed by atoms with Gasteiger partial charge < -0.3 is 4.74 Å². The van der Waals surface area contributed by atoms with Crippen LogP contribution in [0.25, 0.3) is 0 Å². The predicted molar refractivity (Wildman–Crippen MR) is 44.7 cm³/mol. The molecule has 0 atom stereocenters. The van der Waals surface area contributed by atoms with Gasteiger partial charge in [-0.05, 0) is 35.2 Å². The summed E-state index contributed by atoms with van der Waals surface area (Å²) in [6.45, 7) is 1.02. The van der Waals surface area contributed by atoms with Crippen LogP contribution >= 0.6 is 11.3 Å². The molecule has 0 unspecified atom stereocenters. The van der Waals surface area contributed by atoms with E-state index in [0.717, 1.165) is 12.8 Å². The molecule has 0 bridgehead atoms. The van der Waals surface area contributed by atoms with E-state index in [4.69, 9.17) is 0 Å². The Labute approximate surface area is 69.8 Å². The molecule has 0 aliphatic carbocycles. The van der Waals surface area contributed by atoms with Crippen molar-refractivity contribution in [3.05, 3.63) is 22.4 Å². The molecule has 0 aliphatic heterocycles. The topological polar surface area (TPSA) is 26.3 Å². The largest absolute Gasteiger partial charge is 0.468 e. The first-order chi connectivity index (χ1) is 5.43. The molecule has 60 valence electrons. The smallest absolute Gasteiger partial charge is 0.293 e. The first kappa shape index (κ1) is 8.27. The molecule has 0 spiro atoms. The highest BCUT2D eigenvalue weighted by atomic mass is 32.1. The first-order valence-electron chi connectivity index (χ1n) is 3.50. The van der Waals surface area contributed by atoms with Gasteiger partial charge in [0.15, 0.2) is 0 Å². The van der Waals surface area contributed by atoms with Crippen LogP contribution in [-0.2, 0) is 16.0 Å². The molecule has 0 aliphatic rings. The Morgan fingerprint density at radius 1 is 1.64 bits per heavy atom. The van der Waals surface area contributed by atoms with E-state index in [0.29, 0.717) is 13.1 Å². The van der Waals surface area contributed by atoms with E-state index >= 15 is 0 Å². The summed E-state index contributed by atoms with van der Waals surface area (Å²) in [6, 6.07) is 2.09. The molecule has 0 saturated heterocycles. The zero-order valence-electron chi connectivity index (χ0n) is 6.16. The number of rotatable bonds is 5. The molecule has 0 aromatic carbocycles. The number of carbonyl (C=O) groups excluding carboxylic acids is 1. The van der Waals surface area contributed by atoms with Gasteiger partial charge in [0.25, 0.3) is 6.47 Å². The minimum absolute atomic E-state index is 0.494. The summed E-state index contributed by atoms with van der Waals surface area (Å²) < 4.78 is 4.55. The first-order valence-corrected chi connectivity index (χ1v) is 4.44. The highest BCUT2D eigenvalue weighted by molar-refractivity contribution is 7.07. The van der Waals surface area contributed by atoms with Crippen LogP contribution in [0.1, 0.15) is 12.0 Å². The van der Waals surface area contributed by atoms with Gasteiger partial charge in [0.1, 0.15) is 0 Å². The van der Waals surface area contributed by atoms with Gasteiger partial charge in [-0.25, -0.2) is 0 Å². The van der Waals surface area contributed by atoms with Crippen molar-refractivity contribution in [3.63, 3.8) is 0 Å². The fraction of sp³-hybridized carbons (Fsp3) is 0.375. The highest BCUT2D eigenvalue weighted by Gasteiger charge is 1.92. The maximum Gasteiger partial charge on any atom is 0.293 e. The van der Waals surface area contributed by atoms with Crippen LogP contribution in [0.3, 0.4) is 0 Å². The number of hydrogen-bond acceptors (Lipinski definition) is 3. The van der Waals surface area contributed by atoms with E-state index in [9.17, 15) is 4.79 Å². The summed E-state index contributed by atoms with van der Waals surface area (Å²) in [6.07, 6.45) is 1.91. The Morgan fingerprint density at radius 3 is 3.18 bits per heavy atom. The number of ether oxygens (including phenoxy) is 1. The number of aryl methyl sites for hydroxylation is 1. The second-order valence-electron chi connectivity index (χ2n) is 2.20. The maximum atomic E-state index is 9.75. The average molecular weight is 170 g/mol. The van der Waals surface area contributed by atoms with E-state index < -0.39 is 0 Å². The lowest BCUT2D eigenvalue weighted by atomic mass is 10.2. The van der Waals surface area contributed by atoms with Crippen LogP contribution in [0.2, 0.25) is 0 Å². The van der Waals surface area contributed by atoms with Crippen LogP contribution < -0.4 is 0 Å². The Hall–Kier alpha value is -0.830. The molecular weight excluding hydrogens is 160 g/mol. The summed E-state index contributed by atoms with van der Waals surface area (Å²) in [5.74, 6) is 0. The lowest BCUT2D eigenvalue weighted by Gasteiger charge is -1.95. The number of carbonyl (C=O) groups is 1. The third kappa shape index (κ3) is 3.18. The van der Waals surface area contributed by atoms with Gasteiger partial charge in [0, 0.05) is 0 Å². The summed E-state index contributed by atoms with van der Waals surface area (Å²) in [5, 5.41) is 4.16. The SMILES string of the molecule is O=COCCCc1ccsc1. The van der Waals surface area contributed by atoms with Crippen molar-refractivity contribution >= 4 is 17.8 Å². The zero-order valence-corrected chi connectivity index (χ0v) is 6.97. The summed E-state index contributed by atoms with van der Waals surface area (Å²) in [5.41, 5.74) is 1.32. The summed E-state index contributed by atoms with van der Waals surface area (Å²) in [4.78, 5) is 9.75. The van der Waals surface area contributed by atoms with E-state index in [2.05, 4.69) is 21.6 Å². The highest BCUT2D eigenvalue weighted by Crippen LogP contribution is 2.07. The van der Waals surface area contributed by atoms with Crippen molar-refractivity contribution in [3.8, 4) is 0 Å². The van der Waals surface area contributed by atoms with Gasteiger partial charge in [0.2, 0.25) is 0 Å². The van der Waals surface area contributed by atoms with E-state index in [1.165, 1.54) is 5.56 Å². The molecule has 0 N–H and O–H groups in total. The molecule has 11 heavy (non-hydrogen) atoms. The van der Waals surface area contributed by atoms with Crippen LogP contribution in [0, 0.1) is 0 Å². The standard InChI is InChI=1S/C8H10O2S/c9-7-10-4-1-2-8-3-5-11-6-8/h3,5-7H,1-2,4H2. The summed E-state index contributed by atoms with van der Waals surface area (Å²) in [7, 11) is 0. The molecule has 0 saturated carbocycles. The molecule has 0 amide bonds. The normalized spacial score (nSPS) is 9.45. The number of hydrogen-bond donors (Lipinski definition) is 0. The second-order valence-corrected chi connectivity index (χ2v) is 2.98. The van der Waals surface area contributed by atoms with Crippen molar-refractivity contribution in [2.45, 2.75) is 12.8 Å². The molecule has 1 heterocycles. The molecule has 0 radical (unpaired) electrons. The van der Waals surface area contributed by atoms with E-state index in [1.807, 2.05) is 0 Å². The second kappa shape index (κ2) is 4.91. The third-order valence-electron chi connectivity index (χ3n) is 1.38. The van der Waals surface area contributed by atoms with Gasteiger partial charge in [-0.2, -0.15) is 11.3 Å². The molecule has 0 fully saturated rings. The maximum absolute atomic E-state index is 9.75. The van der Waals surface area contributed by atoms with Gasteiger partial charge >= 0.3 is 0 Å². The number of thiophene rings is 1. The van der Waals surface area contributed by atoms with Gasteiger partial charge in [0.05, 0.1) is 6.61 Å². The van der Waals surface area contributed by atoms with Crippen molar-refractivity contribution in [2.24, 2.45) is 0 Å². The molecule has 2 nitrogen and oxygen atoms in total. The van der Waals surface area contributed by atoms with Crippen molar-refractivity contribution in [1.82, 2.24) is 0 Å². The van der Waals surface area contributed by atoms with Crippen molar-refractivity contribution in [1.29, 1.82) is 0 Å². The molecular formula is C8H10O2S. The van der Waals surface area contributed by atoms with Crippen molar-refractivity contribution in [2.75, 3.05) is 6.61 Å². The quantitative estimate of drug-likeness (QED) is 0.498. The molecule has 1 rings (SSSR count). The lowest BCUT2D eigenvalue weighted by molar-refractivity contribution is -0.128. The van der Waals surface area contributed by atoms with Gasteiger partial charge in [-0.15, -0.1) is 0 Å². The average Bonchev–Trinajstić information content (AvgIpc) is 2.50. The van der Waals surface area contributed by atoms with Crippen LogP contribution in [0.5, 0.6) is 0 Å². The molecule has 1 aromatic heterocycles. The zero-order chi connectivity index (χ0) is 7.94. The van der Waals surface area contributed by atoms with Crippen LogP contribution in [0.15, 0.2) is 16.8 Å². The fourth-order valence-corrected chi connectivity index (χ4v) is 1.55. The van der Waals surface area contributed by atoms with Crippen LogP contribution in [-0.4, -0.2) is 13.1 Å². The Balaban J connectivity index is 2.09. The summed E-state index contributed by atoms with van der Waals surface area (Å²) >= 11 is 1.69. The van der Waals surface area contributed by atoms with E-state index in [-0.39, 0.29) is 0 Å². The van der Waals surface area contributed by atoms with Crippen molar-refractivity contribution < 1.29 is 9.53 Å². The Kier molecular flexibility index (Phi) is 3.69. The molecule has 1 aromatic rings. The predicted octanol–water partition coefficient (Wildman–Crippen LogP) is 1.85. The third-order valence-corrected chi connectivity index (χ3v) is 2.11. The van der Waals surface area contributed by atoms with Gasteiger partial charge in [-0.3, -0.25) is 4.79 Å².